The van der Waals surface area contributed by atoms with Crippen molar-refractivity contribution in [1.82, 2.24) is 5.32 Å². The standard InChI is InChI=1S/C32H37FN2O3.C2H4O/c1-22(2)31(34-19-18-28(37)20-23(3)36)30(32(38)35-27-12-8-5-9-13-27)29(25-10-6-4-7-11-25)21-24-14-16-26(33)17-15-24;1-2-3/h4-17,21-23,28,34,36-37H,18-20H2,1-3H3,(H,35,38);2H,1H3/b29-21+,31-30+;/t23-,28+;/m0./s1. The zero-order valence-corrected chi connectivity index (χ0v) is 24.2. The summed E-state index contributed by atoms with van der Waals surface area (Å²) < 4.78 is 13.7. The first-order valence-electron chi connectivity index (χ1n) is 13.8. The van der Waals surface area contributed by atoms with Gasteiger partial charge < -0.3 is 25.6 Å². The molecule has 0 aliphatic heterocycles. The Hall–Kier alpha value is -4.07. The van der Waals surface area contributed by atoms with E-state index >= 15 is 0 Å². The molecular weight excluding hydrogens is 519 g/mol. The molecule has 0 aromatic heterocycles. The lowest BCUT2D eigenvalue weighted by molar-refractivity contribution is -0.112. The summed E-state index contributed by atoms with van der Waals surface area (Å²) in [6, 6.07) is 25.0. The van der Waals surface area contributed by atoms with E-state index in [-0.39, 0.29) is 24.1 Å². The molecule has 0 aliphatic rings. The van der Waals surface area contributed by atoms with E-state index in [9.17, 15) is 19.4 Å². The second-order valence-corrected chi connectivity index (χ2v) is 9.93. The van der Waals surface area contributed by atoms with Crippen molar-refractivity contribution in [3.8, 4) is 0 Å². The Balaban J connectivity index is 0.00000187. The van der Waals surface area contributed by atoms with Crippen molar-refractivity contribution in [2.75, 3.05) is 11.9 Å². The number of aldehydes is 1. The Morgan fingerprint density at radius 1 is 0.902 bits per heavy atom. The minimum atomic E-state index is -0.666. The molecule has 0 fully saturated rings. The number of anilines is 1. The van der Waals surface area contributed by atoms with Crippen LogP contribution in [0, 0.1) is 11.7 Å². The highest BCUT2D eigenvalue weighted by atomic mass is 19.1. The molecule has 0 unspecified atom stereocenters. The van der Waals surface area contributed by atoms with Crippen molar-refractivity contribution in [2.45, 2.75) is 52.7 Å². The van der Waals surface area contributed by atoms with Crippen LogP contribution in [0.2, 0.25) is 0 Å². The highest BCUT2D eigenvalue weighted by Crippen LogP contribution is 2.31. The topological polar surface area (TPSA) is 98.7 Å². The van der Waals surface area contributed by atoms with Crippen LogP contribution < -0.4 is 10.6 Å². The molecule has 0 heterocycles. The summed E-state index contributed by atoms with van der Waals surface area (Å²) in [6.07, 6.45) is 2.07. The van der Waals surface area contributed by atoms with E-state index in [4.69, 9.17) is 4.79 Å². The molecule has 41 heavy (non-hydrogen) atoms. The van der Waals surface area contributed by atoms with E-state index in [0.29, 0.717) is 29.8 Å². The van der Waals surface area contributed by atoms with Crippen molar-refractivity contribution in [2.24, 2.45) is 5.92 Å². The van der Waals surface area contributed by atoms with Crippen molar-refractivity contribution in [1.29, 1.82) is 0 Å². The number of para-hydroxylation sites is 1. The van der Waals surface area contributed by atoms with Gasteiger partial charge in [-0.2, -0.15) is 0 Å². The quantitative estimate of drug-likeness (QED) is 0.0911. The van der Waals surface area contributed by atoms with E-state index in [0.717, 1.165) is 23.1 Å². The number of aliphatic hydroxyl groups is 2. The zero-order chi connectivity index (χ0) is 30.2. The van der Waals surface area contributed by atoms with Crippen LogP contribution in [-0.4, -0.2) is 41.2 Å². The van der Waals surface area contributed by atoms with Crippen LogP contribution in [0.4, 0.5) is 10.1 Å². The molecule has 218 valence electrons. The SMILES string of the molecule is CC(C)/C(NCC[C@@H](O)C[C@H](C)O)=C(C(=O)Nc1ccccc1)/C(=C/c1ccc(F)cc1)c1ccccc1.CC=O. The molecule has 0 radical (unpaired) electrons. The van der Waals surface area contributed by atoms with Gasteiger partial charge in [0.05, 0.1) is 17.8 Å². The van der Waals surface area contributed by atoms with Gasteiger partial charge in [-0.15, -0.1) is 0 Å². The van der Waals surface area contributed by atoms with Crippen LogP contribution in [-0.2, 0) is 9.59 Å². The molecule has 3 aromatic rings. The number of allylic oxidation sites excluding steroid dienone is 1. The molecule has 0 spiro atoms. The first-order chi connectivity index (χ1) is 19.7. The fourth-order valence-electron chi connectivity index (χ4n) is 4.21. The van der Waals surface area contributed by atoms with Crippen LogP contribution in [0.3, 0.4) is 0 Å². The second-order valence-electron chi connectivity index (χ2n) is 9.93. The third-order valence-corrected chi connectivity index (χ3v) is 6.05. The summed E-state index contributed by atoms with van der Waals surface area (Å²) in [4.78, 5) is 22.8. The van der Waals surface area contributed by atoms with E-state index in [1.54, 1.807) is 19.1 Å². The molecule has 0 saturated carbocycles. The largest absolute Gasteiger partial charge is 0.393 e. The average Bonchev–Trinajstić information content (AvgIpc) is 2.94. The number of benzene rings is 3. The van der Waals surface area contributed by atoms with Crippen LogP contribution in [0.15, 0.2) is 96.2 Å². The number of amides is 1. The van der Waals surface area contributed by atoms with Gasteiger partial charge in [-0.1, -0.05) is 74.5 Å². The van der Waals surface area contributed by atoms with Crippen molar-refractivity contribution in [3.63, 3.8) is 0 Å². The van der Waals surface area contributed by atoms with Gasteiger partial charge in [0.25, 0.3) is 5.91 Å². The fourth-order valence-corrected chi connectivity index (χ4v) is 4.21. The zero-order valence-electron chi connectivity index (χ0n) is 24.2. The van der Waals surface area contributed by atoms with E-state index in [2.05, 4.69) is 10.6 Å². The third-order valence-electron chi connectivity index (χ3n) is 6.05. The molecule has 3 rings (SSSR count). The van der Waals surface area contributed by atoms with Crippen LogP contribution in [0.1, 0.15) is 51.7 Å². The van der Waals surface area contributed by atoms with Crippen molar-refractivity contribution in [3.05, 3.63) is 113 Å². The maximum absolute atomic E-state index is 14.0. The van der Waals surface area contributed by atoms with Gasteiger partial charge in [-0.05, 0) is 79.6 Å². The van der Waals surface area contributed by atoms with E-state index in [1.807, 2.05) is 80.6 Å². The molecule has 7 heteroatoms. The molecule has 6 nitrogen and oxygen atoms in total. The van der Waals surface area contributed by atoms with Crippen molar-refractivity contribution < 1.29 is 24.2 Å². The Kier molecular flexibility index (Phi) is 14.2. The lowest BCUT2D eigenvalue weighted by atomic mass is 9.90. The Morgan fingerprint density at radius 3 is 2.00 bits per heavy atom. The minimum absolute atomic E-state index is 0.0549. The number of halogens is 1. The fraction of sp³-hybridized carbons (Fsp3) is 0.294. The smallest absolute Gasteiger partial charge is 0.258 e. The van der Waals surface area contributed by atoms with Gasteiger partial charge in [0, 0.05) is 17.9 Å². The lowest BCUT2D eigenvalue weighted by Crippen LogP contribution is -2.29. The molecule has 4 N–H and O–H groups in total. The van der Waals surface area contributed by atoms with Crippen LogP contribution in [0.25, 0.3) is 11.6 Å². The molecule has 1 amide bonds. The Bertz CT molecular complexity index is 1270. The van der Waals surface area contributed by atoms with Gasteiger partial charge in [0.1, 0.15) is 12.1 Å². The number of nitrogens with one attached hydrogen (secondary N) is 2. The van der Waals surface area contributed by atoms with E-state index in [1.165, 1.54) is 19.1 Å². The third kappa shape index (κ3) is 11.5. The number of carbonyl (C=O) groups is 2. The molecule has 3 aromatic carbocycles. The summed E-state index contributed by atoms with van der Waals surface area (Å²) in [6.45, 7) is 7.52. The van der Waals surface area contributed by atoms with Crippen LogP contribution in [0.5, 0.6) is 0 Å². The maximum Gasteiger partial charge on any atom is 0.258 e. The highest BCUT2D eigenvalue weighted by molar-refractivity contribution is 6.18. The normalized spacial score (nSPS) is 13.3. The maximum atomic E-state index is 14.0. The van der Waals surface area contributed by atoms with Gasteiger partial charge >= 0.3 is 0 Å². The summed E-state index contributed by atoms with van der Waals surface area (Å²) in [5, 5.41) is 26.3. The first kappa shape index (κ1) is 33.1. The van der Waals surface area contributed by atoms with Crippen LogP contribution >= 0.6 is 0 Å². The molecule has 0 aliphatic carbocycles. The summed E-state index contributed by atoms with van der Waals surface area (Å²) in [5.41, 5.74) is 4.13. The summed E-state index contributed by atoms with van der Waals surface area (Å²) in [7, 11) is 0. The molecular formula is C34H41FN2O4. The predicted molar refractivity (Wildman–Crippen MR) is 164 cm³/mol. The Morgan fingerprint density at radius 2 is 1.46 bits per heavy atom. The monoisotopic (exact) mass is 560 g/mol. The lowest BCUT2D eigenvalue weighted by Gasteiger charge is -2.23. The summed E-state index contributed by atoms with van der Waals surface area (Å²) >= 11 is 0. The van der Waals surface area contributed by atoms with Gasteiger partial charge in [-0.3, -0.25) is 4.79 Å². The molecule has 2 atom stereocenters. The molecule has 0 saturated heterocycles. The van der Waals surface area contributed by atoms with Gasteiger partial charge in [-0.25, -0.2) is 4.39 Å². The highest BCUT2D eigenvalue weighted by Gasteiger charge is 2.24. The first-order valence-corrected chi connectivity index (χ1v) is 13.8. The summed E-state index contributed by atoms with van der Waals surface area (Å²) in [5.74, 6) is -0.670. The van der Waals surface area contributed by atoms with E-state index < -0.39 is 12.2 Å². The number of hydrogen-bond donors (Lipinski definition) is 4. The molecule has 0 bridgehead atoms. The average molecular weight is 561 g/mol. The second kappa shape index (κ2) is 17.6. The number of carbonyl (C=O) groups excluding carboxylic acids is 2. The number of aliphatic hydroxyl groups excluding tert-OH is 2. The minimum Gasteiger partial charge on any atom is -0.393 e. The van der Waals surface area contributed by atoms with Gasteiger partial charge in [0.15, 0.2) is 0 Å². The van der Waals surface area contributed by atoms with Crippen molar-refractivity contribution >= 4 is 29.5 Å². The Labute approximate surface area is 242 Å². The van der Waals surface area contributed by atoms with Gasteiger partial charge in [0.2, 0.25) is 0 Å². The number of hydrogen-bond acceptors (Lipinski definition) is 5. The predicted octanol–water partition coefficient (Wildman–Crippen LogP) is 6.23. The number of rotatable bonds is 12.